The minimum absolute atomic E-state index is 0.129. The van der Waals surface area contributed by atoms with Crippen LogP contribution in [0.4, 0.5) is 0 Å². The average molecular weight is 233 g/mol. The summed E-state index contributed by atoms with van der Waals surface area (Å²) < 4.78 is 10.8. The Hall–Kier alpha value is -1.22. The summed E-state index contributed by atoms with van der Waals surface area (Å²) >= 11 is 0. The Morgan fingerprint density at radius 3 is 2.76 bits per heavy atom. The second-order valence-electron chi connectivity index (χ2n) is 5.61. The molecule has 3 rings (SSSR count). The van der Waals surface area contributed by atoms with Gasteiger partial charge in [-0.3, -0.25) is 0 Å². The van der Waals surface area contributed by atoms with Gasteiger partial charge in [-0.1, -0.05) is 19.9 Å². The molecule has 2 aliphatic rings. The predicted octanol–water partition coefficient (Wildman–Crippen LogP) is 2.44. The third-order valence-corrected chi connectivity index (χ3v) is 3.56. The van der Waals surface area contributed by atoms with Crippen LogP contribution in [-0.4, -0.2) is 19.4 Å². The number of ether oxygens (including phenoxy) is 2. The average Bonchev–Trinajstić information content (AvgIpc) is 3.02. The highest BCUT2D eigenvalue weighted by Crippen LogP contribution is 2.36. The number of hydrogen-bond donors (Lipinski definition) is 1. The fraction of sp³-hybridized carbons (Fsp3) is 0.571. The highest BCUT2D eigenvalue weighted by atomic mass is 16.7. The molecule has 1 heterocycles. The first-order chi connectivity index (χ1) is 8.15. The maximum absolute atomic E-state index is 5.43. The van der Waals surface area contributed by atoms with Gasteiger partial charge in [-0.15, -0.1) is 0 Å². The lowest BCUT2D eigenvalue weighted by atomic mass is 9.84. The smallest absolute Gasteiger partial charge is 0.231 e. The fourth-order valence-electron chi connectivity index (χ4n) is 2.11. The van der Waals surface area contributed by atoms with Crippen LogP contribution in [0.2, 0.25) is 0 Å². The summed E-state index contributed by atoms with van der Waals surface area (Å²) in [6.45, 7) is 5.89. The summed E-state index contributed by atoms with van der Waals surface area (Å²) in [5.41, 5.74) is 1.43. The van der Waals surface area contributed by atoms with Gasteiger partial charge in [-0.25, -0.2) is 0 Å². The molecule has 0 saturated heterocycles. The van der Waals surface area contributed by atoms with Crippen molar-refractivity contribution < 1.29 is 9.47 Å². The van der Waals surface area contributed by atoms with E-state index in [4.69, 9.17) is 9.47 Å². The number of nitrogens with one attached hydrogen (secondary N) is 1. The zero-order valence-electron chi connectivity index (χ0n) is 10.5. The molecule has 1 aliphatic heterocycles. The van der Waals surface area contributed by atoms with Gasteiger partial charge in [-0.2, -0.15) is 0 Å². The van der Waals surface area contributed by atoms with Crippen LogP contribution in [-0.2, 0) is 5.41 Å². The van der Waals surface area contributed by atoms with Crippen LogP contribution in [0.5, 0.6) is 11.5 Å². The highest BCUT2D eigenvalue weighted by molar-refractivity contribution is 5.46. The zero-order chi connectivity index (χ0) is 11.9. The van der Waals surface area contributed by atoms with Crippen molar-refractivity contribution in [1.82, 2.24) is 5.32 Å². The second-order valence-corrected chi connectivity index (χ2v) is 5.61. The minimum atomic E-state index is 0.129. The highest BCUT2D eigenvalue weighted by Gasteiger charge is 2.27. The Morgan fingerprint density at radius 2 is 2.00 bits per heavy atom. The summed E-state index contributed by atoms with van der Waals surface area (Å²) in [5, 5.41) is 3.59. The minimum Gasteiger partial charge on any atom is -0.454 e. The molecule has 0 atom stereocenters. The third-order valence-electron chi connectivity index (χ3n) is 3.56. The Kier molecular flexibility index (Phi) is 2.51. The van der Waals surface area contributed by atoms with E-state index in [2.05, 4.69) is 31.3 Å². The standard InChI is InChI=1S/C14H19NO2/c1-14(2,8-15-11-4-5-11)10-3-6-12-13(7-10)17-9-16-12/h3,6-7,11,15H,4-5,8-9H2,1-2H3. The van der Waals surface area contributed by atoms with Crippen molar-refractivity contribution in [3.05, 3.63) is 23.8 Å². The molecule has 0 spiro atoms. The van der Waals surface area contributed by atoms with E-state index in [0.717, 1.165) is 24.1 Å². The first-order valence-corrected chi connectivity index (χ1v) is 6.29. The Morgan fingerprint density at radius 1 is 1.24 bits per heavy atom. The van der Waals surface area contributed by atoms with Gasteiger partial charge in [0.05, 0.1) is 0 Å². The maximum atomic E-state index is 5.43. The number of hydrogen-bond acceptors (Lipinski definition) is 3. The molecule has 1 aromatic rings. The molecular formula is C14H19NO2. The molecule has 1 aliphatic carbocycles. The molecule has 1 saturated carbocycles. The van der Waals surface area contributed by atoms with Gasteiger partial charge >= 0.3 is 0 Å². The van der Waals surface area contributed by atoms with Crippen molar-refractivity contribution in [2.24, 2.45) is 0 Å². The van der Waals surface area contributed by atoms with Gasteiger partial charge in [0.1, 0.15) is 0 Å². The summed E-state index contributed by atoms with van der Waals surface area (Å²) in [4.78, 5) is 0. The summed E-state index contributed by atoms with van der Waals surface area (Å²) in [5.74, 6) is 1.74. The number of rotatable bonds is 4. The molecular weight excluding hydrogens is 214 g/mol. The van der Waals surface area contributed by atoms with Gasteiger partial charge in [-0.05, 0) is 30.5 Å². The van der Waals surface area contributed by atoms with E-state index in [0.29, 0.717) is 6.79 Å². The van der Waals surface area contributed by atoms with Crippen molar-refractivity contribution in [2.45, 2.75) is 38.1 Å². The van der Waals surface area contributed by atoms with Gasteiger partial charge in [0, 0.05) is 18.0 Å². The van der Waals surface area contributed by atoms with E-state index < -0.39 is 0 Å². The van der Waals surface area contributed by atoms with Crippen LogP contribution in [0.15, 0.2) is 18.2 Å². The van der Waals surface area contributed by atoms with Gasteiger partial charge in [0.25, 0.3) is 0 Å². The first kappa shape index (κ1) is 10.9. The Balaban J connectivity index is 1.76. The van der Waals surface area contributed by atoms with Crippen molar-refractivity contribution in [3.63, 3.8) is 0 Å². The SMILES string of the molecule is CC(C)(CNC1CC1)c1ccc2c(c1)OCO2. The lowest BCUT2D eigenvalue weighted by Crippen LogP contribution is -2.34. The van der Waals surface area contributed by atoms with E-state index in [1.165, 1.54) is 18.4 Å². The summed E-state index contributed by atoms with van der Waals surface area (Å²) in [7, 11) is 0. The maximum Gasteiger partial charge on any atom is 0.231 e. The molecule has 17 heavy (non-hydrogen) atoms. The molecule has 3 heteroatoms. The second kappa shape index (κ2) is 3.91. The van der Waals surface area contributed by atoms with Gasteiger partial charge < -0.3 is 14.8 Å². The van der Waals surface area contributed by atoms with Crippen LogP contribution in [0.25, 0.3) is 0 Å². The molecule has 0 amide bonds. The molecule has 0 radical (unpaired) electrons. The zero-order valence-corrected chi connectivity index (χ0v) is 10.5. The van der Waals surface area contributed by atoms with Crippen molar-refractivity contribution in [2.75, 3.05) is 13.3 Å². The van der Waals surface area contributed by atoms with Crippen molar-refractivity contribution >= 4 is 0 Å². The van der Waals surface area contributed by atoms with Crippen LogP contribution in [0, 0.1) is 0 Å². The molecule has 1 N–H and O–H groups in total. The lowest BCUT2D eigenvalue weighted by molar-refractivity contribution is 0.174. The van der Waals surface area contributed by atoms with Crippen LogP contribution in [0.3, 0.4) is 0 Å². The molecule has 0 unspecified atom stereocenters. The molecule has 3 nitrogen and oxygen atoms in total. The summed E-state index contributed by atoms with van der Waals surface area (Å²) in [6.07, 6.45) is 2.66. The molecule has 1 fully saturated rings. The van der Waals surface area contributed by atoms with Crippen LogP contribution in [0.1, 0.15) is 32.3 Å². The molecule has 0 aromatic heterocycles. The molecule has 0 bridgehead atoms. The van der Waals surface area contributed by atoms with Gasteiger partial charge in [0.2, 0.25) is 6.79 Å². The largest absolute Gasteiger partial charge is 0.454 e. The molecule has 92 valence electrons. The quantitative estimate of drug-likeness (QED) is 0.866. The fourth-order valence-corrected chi connectivity index (χ4v) is 2.11. The molecule has 1 aromatic carbocycles. The van der Waals surface area contributed by atoms with E-state index in [1.807, 2.05) is 6.07 Å². The first-order valence-electron chi connectivity index (χ1n) is 6.29. The van der Waals surface area contributed by atoms with Crippen LogP contribution < -0.4 is 14.8 Å². The van der Waals surface area contributed by atoms with Crippen molar-refractivity contribution in [1.29, 1.82) is 0 Å². The van der Waals surface area contributed by atoms with Gasteiger partial charge in [0.15, 0.2) is 11.5 Å². The van der Waals surface area contributed by atoms with E-state index >= 15 is 0 Å². The normalized spacial score (nSPS) is 18.5. The number of benzene rings is 1. The van der Waals surface area contributed by atoms with Crippen molar-refractivity contribution in [3.8, 4) is 11.5 Å². The number of fused-ring (bicyclic) bond motifs is 1. The summed E-state index contributed by atoms with van der Waals surface area (Å²) in [6, 6.07) is 7.01. The third kappa shape index (κ3) is 2.25. The lowest BCUT2D eigenvalue weighted by Gasteiger charge is -2.26. The van der Waals surface area contributed by atoms with E-state index in [-0.39, 0.29) is 5.41 Å². The Bertz CT molecular complexity index is 424. The monoisotopic (exact) mass is 233 g/mol. The van der Waals surface area contributed by atoms with Crippen LogP contribution >= 0.6 is 0 Å². The van der Waals surface area contributed by atoms with E-state index in [9.17, 15) is 0 Å². The van der Waals surface area contributed by atoms with E-state index in [1.54, 1.807) is 0 Å². The predicted molar refractivity (Wildman–Crippen MR) is 66.6 cm³/mol. The topological polar surface area (TPSA) is 30.5 Å². The Labute approximate surface area is 102 Å².